The highest BCUT2D eigenvalue weighted by molar-refractivity contribution is 6.32. The molecule has 3 aliphatic carbocycles. The smallest absolute Gasteiger partial charge is 0.361 e. The van der Waals surface area contributed by atoms with Crippen LogP contribution < -0.4 is 4.74 Å². The molecule has 2 heterocycles. The molecule has 4 aromatic carbocycles. The SMILES string of the molecule is CC(C)(C)C1CC(=CC2=C3Oc4ccc5ccccc5c4C=C3CC(C(C)(C)C)C2)C(Cl)=C(C=C2CC(C(C)(C)C)Cc3cc4c(ccc5ccccc54)[o+]c32)C1. The zero-order valence-corrected chi connectivity index (χ0v) is 36.2. The van der Waals surface area contributed by atoms with E-state index in [4.69, 9.17) is 20.8 Å². The number of rotatable bonds is 2. The predicted octanol–water partition coefficient (Wildman–Crippen LogP) is 16.1. The van der Waals surface area contributed by atoms with E-state index in [-0.39, 0.29) is 16.2 Å². The fraction of sp³-hybridized carbons (Fsp3) is 0.389. The first-order chi connectivity index (χ1) is 27.0. The summed E-state index contributed by atoms with van der Waals surface area (Å²) >= 11 is 7.72. The quantitative estimate of drug-likeness (QED) is 0.132. The van der Waals surface area contributed by atoms with Gasteiger partial charge in [-0.2, -0.15) is 0 Å². The topological polar surface area (TPSA) is 20.5 Å². The molecule has 9 rings (SSSR count). The molecule has 0 radical (unpaired) electrons. The third-order valence-corrected chi connectivity index (χ3v) is 14.3. The van der Waals surface area contributed by atoms with Gasteiger partial charge in [0.05, 0.1) is 16.5 Å². The average molecular weight is 775 g/mol. The molecule has 5 aromatic rings. The molecular weight excluding hydrogens is 716 g/mol. The highest BCUT2D eigenvalue weighted by Gasteiger charge is 2.40. The van der Waals surface area contributed by atoms with Crippen molar-refractivity contribution in [2.75, 3.05) is 0 Å². The molecule has 292 valence electrons. The van der Waals surface area contributed by atoms with Gasteiger partial charge in [0, 0.05) is 16.7 Å². The monoisotopic (exact) mass is 773 g/mol. The summed E-state index contributed by atoms with van der Waals surface area (Å²) in [5, 5.41) is 7.06. The molecule has 2 nitrogen and oxygen atoms in total. The van der Waals surface area contributed by atoms with Gasteiger partial charge in [0.25, 0.3) is 0 Å². The second-order valence-electron chi connectivity index (χ2n) is 20.7. The summed E-state index contributed by atoms with van der Waals surface area (Å²) in [7, 11) is 0. The standard InChI is InChI=1S/C54H58ClO2/c1-52(2,3)40-24-34(22-36-26-41(53(4,5)6)28-38-30-45-43-16-12-10-14-32(43)18-20-47(45)56-50(36)38)49(55)35(25-40)23-37-27-42(54(7,8)9)29-39-31-46-44-17-13-11-15-33(44)19-21-48(46)57-51(37)39/h10-23,30-31,40-42H,24-29H2,1-9H3/q+1. The molecule has 0 saturated carbocycles. The van der Waals surface area contributed by atoms with Crippen LogP contribution in [-0.2, 0) is 6.42 Å². The van der Waals surface area contributed by atoms with Gasteiger partial charge in [0.1, 0.15) is 11.5 Å². The molecule has 1 aliphatic heterocycles. The molecule has 3 atom stereocenters. The lowest BCUT2D eigenvalue weighted by Crippen LogP contribution is -2.28. The van der Waals surface area contributed by atoms with Gasteiger partial charge >= 0.3 is 11.3 Å². The fourth-order valence-electron chi connectivity index (χ4n) is 9.84. The van der Waals surface area contributed by atoms with E-state index >= 15 is 0 Å². The van der Waals surface area contributed by atoms with Crippen LogP contribution in [0.5, 0.6) is 5.75 Å². The van der Waals surface area contributed by atoms with Gasteiger partial charge in [-0.15, -0.1) is 0 Å². The van der Waals surface area contributed by atoms with Crippen LogP contribution in [0.15, 0.2) is 129 Å². The van der Waals surface area contributed by atoms with Crippen LogP contribution in [-0.4, -0.2) is 0 Å². The van der Waals surface area contributed by atoms with E-state index in [0.717, 1.165) is 66.4 Å². The first kappa shape index (κ1) is 38.1. The van der Waals surface area contributed by atoms with Crippen LogP contribution in [0.25, 0.3) is 44.2 Å². The van der Waals surface area contributed by atoms with Gasteiger partial charge in [-0.25, -0.2) is 4.42 Å². The Morgan fingerprint density at radius 2 is 1.18 bits per heavy atom. The second-order valence-corrected chi connectivity index (χ2v) is 21.1. The van der Waals surface area contributed by atoms with Gasteiger partial charge < -0.3 is 4.74 Å². The van der Waals surface area contributed by atoms with Crippen molar-refractivity contribution in [2.24, 2.45) is 34.0 Å². The maximum Gasteiger partial charge on any atom is 0.361 e. The maximum absolute atomic E-state index is 7.72. The number of benzene rings is 4. The van der Waals surface area contributed by atoms with E-state index in [0.29, 0.717) is 17.8 Å². The van der Waals surface area contributed by atoms with Gasteiger partial charge in [-0.05, 0) is 147 Å². The van der Waals surface area contributed by atoms with Crippen LogP contribution in [0.2, 0.25) is 0 Å². The van der Waals surface area contributed by atoms with Crippen molar-refractivity contribution in [3.63, 3.8) is 0 Å². The molecular formula is C54H58ClO2+. The van der Waals surface area contributed by atoms with Gasteiger partial charge in [0.2, 0.25) is 0 Å². The summed E-state index contributed by atoms with van der Waals surface area (Å²) in [5.41, 5.74) is 10.1. The molecule has 0 fully saturated rings. The van der Waals surface area contributed by atoms with E-state index in [1.165, 1.54) is 65.9 Å². The average Bonchev–Trinajstić information content (AvgIpc) is 3.16. The van der Waals surface area contributed by atoms with Gasteiger partial charge in [-0.3, -0.25) is 0 Å². The Morgan fingerprint density at radius 1 is 0.596 bits per heavy atom. The molecule has 0 amide bonds. The van der Waals surface area contributed by atoms with E-state index in [2.05, 4.69) is 159 Å². The first-order valence-corrected chi connectivity index (χ1v) is 21.6. The molecule has 4 aliphatic rings. The zero-order chi connectivity index (χ0) is 40.0. The second kappa shape index (κ2) is 13.9. The molecule has 57 heavy (non-hydrogen) atoms. The predicted molar refractivity (Wildman–Crippen MR) is 242 cm³/mol. The summed E-state index contributed by atoms with van der Waals surface area (Å²) in [4.78, 5) is 0. The summed E-state index contributed by atoms with van der Waals surface area (Å²) < 4.78 is 13.9. The van der Waals surface area contributed by atoms with Crippen LogP contribution in [0.4, 0.5) is 0 Å². The molecule has 0 spiro atoms. The Morgan fingerprint density at radius 3 is 1.89 bits per heavy atom. The Bertz CT molecular complexity index is 2620. The lowest BCUT2D eigenvalue weighted by atomic mass is 9.67. The van der Waals surface area contributed by atoms with Crippen molar-refractivity contribution in [3.05, 3.63) is 141 Å². The first-order valence-electron chi connectivity index (χ1n) is 21.2. The maximum atomic E-state index is 7.72. The Hall–Kier alpha value is -4.40. The molecule has 0 N–H and O–H groups in total. The highest BCUT2D eigenvalue weighted by Crippen LogP contribution is 2.52. The van der Waals surface area contributed by atoms with Crippen LogP contribution in [0, 0.1) is 34.0 Å². The zero-order valence-electron chi connectivity index (χ0n) is 35.4. The molecule has 0 bridgehead atoms. The molecule has 0 saturated heterocycles. The Kier molecular flexibility index (Phi) is 9.28. The summed E-state index contributed by atoms with van der Waals surface area (Å²) in [5.74, 6) is 4.39. The van der Waals surface area contributed by atoms with E-state index < -0.39 is 0 Å². The number of halogens is 1. The Balaban J connectivity index is 1.20. The third kappa shape index (κ3) is 7.11. The van der Waals surface area contributed by atoms with Crippen molar-refractivity contribution in [3.8, 4) is 5.75 Å². The van der Waals surface area contributed by atoms with Gasteiger partial charge in [-0.1, -0.05) is 135 Å². The molecule has 1 aromatic heterocycles. The molecule has 3 heteroatoms. The van der Waals surface area contributed by atoms with Crippen molar-refractivity contribution >= 4 is 55.8 Å². The van der Waals surface area contributed by atoms with Crippen LogP contribution in [0.1, 0.15) is 111 Å². The highest BCUT2D eigenvalue weighted by atomic mass is 35.5. The number of allylic oxidation sites excluding steroid dienone is 8. The minimum absolute atomic E-state index is 0.102. The van der Waals surface area contributed by atoms with Crippen molar-refractivity contribution in [1.82, 2.24) is 0 Å². The number of hydrogen-bond acceptors (Lipinski definition) is 1. The lowest BCUT2D eigenvalue weighted by molar-refractivity contribution is 0.223. The normalized spacial score (nSPS) is 23.2. The van der Waals surface area contributed by atoms with Crippen LogP contribution in [0.3, 0.4) is 0 Å². The van der Waals surface area contributed by atoms with E-state index in [9.17, 15) is 0 Å². The molecule has 3 unspecified atom stereocenters. The van der Waals surface area contributed by atoms with E-state index in [1.54, 1.807) is 0 Å². The lowest BCUT2D eigenvalue weighted by Gasteiger charge is -2.39. The number of ether oxygens (including phenoxy) is 1. The van der Waals surface area contributed by atoms with Crippen LogP contribution >= 0.6 is 11.6 Å². The fourth-order valence-corrected chi connectivity index (χ4v) is 10.1. The Labute approximate surface area is 345 Å². The van der Waals surface area contributed by atoms with Crippen molar-refractivity contribution in [1.29, 1.82) is 0 Å². The van der Waals surface area contributed by atoms with Gasteiger partial charge in [0.15, 0.2) is 0 Å². The third-order valence-electron chi connectivity index (χ3n) is 13.8. The summed E-state index contributed by atoms with van der Waals surface area (Å²) in [6.07, 6.45) is 13.1. The number of hydrogen-bond donors (Lipinski definition) is 0. The van der Waals surface area contributed by atoms with Crippen molar-refractivity contribution < 1.29 is 9.15 Å². The minimum Gasteiger partial charge on any atom is -0.456 e. The largest absolute Gasteiger partial charge is 0.456 e. The summed E-state index contributed by atoms with van der Waals surface area (Å²) in [6.45, 7) is 21.5. The minimum atomic E-state index is 0.102. The van der Waals surface area contributed by atoms with E-state index in [1.807, 2.05) is 0 Å². The summed E-state index contributed by atoms with van der Waals surface area (Å²) in [6, 6.07) is 28.4. The number of fused-ring (bicyclic) bond motifs is 8. The van der Waals surface area contributed by atoms with Crippen molar-refractivity contribution in [2.45, 2.75) is 101 Å².